The van der Waals surface area contributed by atoms with Gasteiger partial charge in [0, 0.05) is 36.0 Å². The fourth-order valence-corrected chi connectivity index (χ4v) is 4.72. The van der Waals surface area contributed by atoms with Gasteiger partial charge >= 0.3 is 0 Å². The first-order valence-electron chi connectivity index (χ1n) is 10.4. The number of amides is 2. The molecule has 3 rings (SSSR count). The van der Waals surface area contributed by atoms with Crippen molar-refractivity contribution in [2.45, 2.75) is 70.9 Å². The van der Waals surface area contributed by atoms with Gasteiger partial charge in [-0.2, -0.15) is 0 Å². The maximum Gasteiger partial charge on any atom is 0.225 e. The van der Waals surface area contributed by atoms with Crippen molar-refractivity contribution in [1.82, 2.24) is 10.2 Å². The van der Waals surface area contributed by atoms with Crippen LogP contribution in [0.2, 0.25) is 5.02 Å². The largest absolute Gasteiger partial charge is 0.352 e. The summed E-state index contributed by atoms with van der Waals surface area (Å²) in [6, 6.07) is 8.00. The first-order valence-corrected chi connectivity index (χ1v) is 10.8. The topological polar surface area (TPSA) is 49.4 Å². The van der Waals surface area contributed by atoms with Crippen LogP contribution in [-0.2, 0) is 16.1 Å². The smallest absolute Gasteiger partial charge is 0.225 e. The van der Waals surface area contributed by atoms with Crippen molar-refractivity contribution in [1.29, 1.82) is 0 Å². The van der Waals surface area contributed by atoms with Crippen LogP contribution in [0.4, 0.5) is 0 Å². The summed E-state index contributed by atoms with van der Waals surface area (Å²) in [5, 5.41) is 3.69. The molecule has 0 bridgehead atoms. The van der Waals surface area contributed by atoms with Gasteiger partial charge in [-0.3, -0.25) is 9.59 Å². The summed E-state index contributed by atoms with van der Waals surface area (Å²) in [6.07, 6.45) is 7.81. The summed E-state index contributed by atoms with van der Waals surface area (Å²) in [7, 11) is 0. The molecule has 0 radical (unpaired) electrons. The summed E-state index contributed by atoms with van der Waals surface area (Å²) in [4.78, 5) is 27.6. The molecule has 0 spiro atoms. The standard InChI is InChI=1S/C22H31ClN2O2/c1-2-19-8-5-6-14-25(19)22(27)17-12-10-16(11-13-17)21(26)24-15-18-7-3-4-9-20(18)23/h3-4,7,9,16-17,19H,2,5-6,8,10-15H2,1H3,(H,24,26). The van der Waals surface area contributed by atoms with E-state index in [4.69, 9.17) is 11.6 Å². The van der Waals surface area contributed by atoms with Crippen LogP contribution >= 0.6 is 11.6 Å². The van der Waals surface area contributed by atoms with Crippen LogP contribution in [0.3, 0.4) is 0 Å². The van der Waals surface area contributed by atoms with Crippen molar-refractivity contribution < 1.29 is 9.59 Å². The van der Waals surface area contributed by atoms with E-state index in [2.05, 4.69) is 17.1 Å². The van der Waals surface area contributed by atoms with Crippen LogP contribution in [0.1, 0.15) is 63.9 Å². The molecule has 1 saturated heterocycles. The Balaban J connectivity index is 1.47. The highest BCUT2D eigenvalue weighted by Crippen LogP contribution is 2.32. The number of halogens is 1. The Hall–Kier alpha value is -1.55. The number of benzene rings is 1. The lowest BCUT2D eigenvalue weighted by Crippen LogP contribution is -2.47. The molecule has 4 nitrogen and oxygen atoms in total. The average molecular weight is 391 g/mol. The predicted molar refractivity (Wildman–Crippen MR) is 108 cm³/mol. The highest BCUT2D eigenvalue weighted by atomic mass is 35.5. The lowest BCUT2D eigenvalue weighted by atomic mass is 9.80. The van der Waals surface area contributed by atoms with E-state index >= 15 is 0 Å². The number of hydrogen-bond donors (Lipinski definition) is 1. The van der Waals surface area contributed by atoms with Gasteiger partial charge in [-0.05, 0) is 63.0 Å². The maximum absolute atomic E-state index is 13.0. The second kappa shape index (κ2) is 9.59. The Morgan fingerprint density at radius 1 is 1.07 bits per heavy atom. The van der Waals surface area contributed by atoms with Crippen molar-refractivity contribution in [3.63, 3.8) is 0 Å². The molecular formula is C22H31ClN2O2. The quantitative estimate of drug-likeness (QED) is 0.801. The zero-order valence-corrected chi connectivity index (χ0v) is 17.0. The van der Waals surface area contributed by atoms with Crippen LogP contribution < -0.4 is 5.32 Å². The lowest BCUT2D eigenvalue weighted by Gasteiger charge is -2.39. The van der Waals surface area contributed by atoms with Gasteiger partial charge in [0.15, 0.2) is 0 Å². The van der Waals surface area contributed by atoms with E-state index in [1.165, 1.54) is 6.42 Å². The van der Waals surface area contributed by atoms with Gasteiger partial charge in [0.1, 0.15) is 0 Å². The van der Waals surface area contributed by atoms with Crippen molar-refractivity contribution in [2.24, 2.45) is 11.8 Å². The number of likely N-dealkylation sites (tertiary alicyclic amines) is 1. The lowest BCUT2D eigenvalue weighted by molar-refractivity contribution is -0.142. The van der Waals surface area contributed by atoms with Gasteiger partial charge < -0.3 is 10.2 Å². The van der Waals surface area contributed by atoms with Crippen LogP contribution in [0.15, 0.2) is 24.3 Å². The number of rotatable bonds is 5. The first kappa shape index (κ1) is 20.2. The number of piperidine rings is 1. The Kier molecular flexibility index (Phi) is 7.17. The van der Waals surface area contributed by atoms with Crippen molar-refractivity contribution in [2.75, 3.05) is 6.54 Å². The Morgan fingerprint density at radius 3 is 2.48 bits per heavy atom. The molecule has 1 saturated carbocycles. The van der Waals surface area contributed by atoms with Crippen molar-refractivity contribution in [3.05, 3.63) is 34.9 Å². The Labute approximate surface area is 167 Å². The monoisotopic (exact) mass is 390 g/mol. The predicted octanol–water partition coefficient (Wildman–Crippen LogP) is 4.55. The van der Waals surface area contributed by atoms with E-state index in [9.17, 15) is 9.59 Å². The molecular weight excluding hydrogens is 360 g/mol. The normalized spacial score (nSPS) is 25.9. The number of carbonyl (C=O) groups excluding carboxylic acids is 2. The van der Waals surface area contributed by atoms with Crippen molar-refractivity contribution in [3.8, 4) is 0 Å². The van der Waals surface area contributed by atoms with Gasteiger partial charge in [-0.1, -0.05) is 36.7 Å². The zero-order valence-electron chi connectivity index (χ0n) is 16.3. The summed E-state index contributed by atoms with van der Waals surface area (Å²) in [6.45, 7) is 3.55. The number of hydrogen-bond acceptors (Lipinski definition) is 2. The molecule has 5 heteroatoms. The molecule has 1 heterocycles. The van der Waals surface area contributed by atoms with Gasteiger partial charge in [-0.15, -0.1) is 0 Å². The summed E-state index contributed by atoms with van der Waals surface area (Å²) >= 11 is 6.15. The van der Waals surface area contributed by atoms with E-state index in [-0.39, 0.29) is 17.7 Å². The molecule has 27 heavy (non-hydrogen) atoms. The first-order chi connectivity index (χ1) is 13.1. The fraction of sp³-hybridized carbons (Fsp3) is 0.636. The van der Waals surface area contributed by atoms with Crippen LogP contribution in [0.25, 0.3) is 0 Å². The van der Waals surface area contributed by atoms with Crippen LogP contribution in [0.5, 0.6) is 0 Å². The minimum Gasteiger partial charge on any atom is -0.352 e. The third kappa shape index (κ3) is 5.04. The average Bonchev–Trinajstić information content (AvgIpc) is 2.72. The summed E-state index contributed by atoms with van der Waals surface area (Å²) in [5.74, 6) is 0.534. The van der Waals surface area contributed by atoms with E-state index in [0.717, 1.165) is 57.1 Å². The van der Waals surface area contributed by atoms with E-state index < -0.39 is 0 Å². The van der Waals surface area contributed by atoms with Gasteiger partial charge in [0.05, 0.1) is 0 Å². The zero-order chi connectivity index (χ0) is 19.2. The van der Waals surface area contributed by atoms with E-state index in [0.29, 0.717) is 23.5 Å². The molecule has 1 aromatic carbocycles. The Bertz CT molecular complexity index is 655. The Morgan fingerprint density at radius 2 is 1.78 bits per heavy atom. The third-order valence-electron chi connectivity index (χ3n) is 6.24. The number of carbonyl (C=O) groups is 2. The van der Waals surface area contributed by atoms with E-state index in [1.54, 1.807) is 0 Å². The maximum atomic E-state index is 13.0. The highest BCUT2D eigenvalue weighted by Gasteiger charge is 2.34. The molecule has 1 unspecified atom stereocenters. The molecule has 2 aliphatic rings. The summed E-state index contributed by atoms with van der Waals surface area (Å²) in [5.41, 5.74) is 0.937. The van der Waals surface area contributed by atoms with Crippen LogP contribution in [-0.4, -0.2) is 29.3 Å². The second-order valence-corrected chi connectivity index (χ2v) is 8.35. The van der Waals surface area contributed by atoms with E-state index in [1.807, 2.05) is 24.3 Å². The fourth-order valence-electron chi connectivity index (χ4n) is 4.52. The molecule has 1 aliphatic carbocycles. The molecule has 2 amide bonds. The van der Waals surface area contributed by atoms with Gasteiger partial charge in [-0.25, -0.2) is 0 Å². The molecule has 148 valence electrons. The summed E-state index contributed by atoms with van der Waals surface area (Å²) < 4.78 is 0. The van der Waals surface area contributed by atoms with Gasteiger partial charge in [0.25, 0.3) is 0 Å². The molecule has 0 aromatic heterocycles. The highest BCUT2D eigenvalue weighted by molar-refractivity contribution is 6.31. The molecule has 1 aliphatic heterocycles. The molecule has 1 aromatic rings. The second-order valence-electron chi connectivity index (χ2n) is 7.95. The minimum atomic E-state index is 0.0138. The molecule has 2 fully saturated rings. The third-order valence-corrected chi connectivity index (χ3v) is 6.61. The number of nitrogens with one attached hydrogen (secondary N) is 1. The van der Waals surface area contributed by atoms with Crippen LogP contribution in [0, 0.1) is 11.8 Å². The molecule has 1 atom stereocenters. The minimum absolute atomic E-state index is 0.0138. The van der Waals surface area contributed by atoms with Crippen molar-refractivity contribution >= 4 is 23.4 Å². The van der Waals surface area contributed by atoms with Gasteiger partial charge in [0.2, 0.25) is 11.8 Å². The molecule has 1 N–H and O–H groups in total. The number of nitrogens with zero attached hydrogens (tertiary/aromatic N) is 1. The SMILES string of the molecule is CCC1CCCCN1C(=O)C1CCC(C(=O)NCc2ccccc2Cl)CC1.